The zero-order valence-corrected chi connectivity index (χ0v) is 14.7. The quantitative estimate of drug-likeness (QED) is 0.590. The molecule has 6 heteroatoms. The van der Waals surface area contributed by atoms with Crippen LogP contribution in [0.4, 0.5) is 11.5 Å². The second-order valence-electron chi connectivity index (χ2n) is 5.85. The Hall–Kier alpha value is -3.41. The molecule has 0 saturated heterocycles. The number of rotatable bonds is 5. The number of fused-ring (bicyclic) bond motifs is 1. The van der Waals surface area contributed by atoms with Gasteiger partial charge in [0.25, 0.3) is 0 Å². The van der Waals surface area contributed by atoms with Crippen molar-refractivity contribution in [3.63, 3.8) is 0 Å². The minimum Gasteiger partial charge on any atom is -0.497 e. The third-order valence-corrected chi connectivity index (χ3v) is 4.18. The van der Waals surface area contributed by atoms with Crippen LogP contribution >= 0.6 is 0 Å². The predicted molar refractivity (Wildman–Crippen MR) is 102 cm³/mol. The first-order valence-corrected chi connectivity index (χ1v) is 8.48. The van der Waals surface area contributed by atoms with Crippen LogP contribution in [-0.4, -0.2) is 26.7 Å². The van der Waals surface area contributed by atoms with Crippen LogP contribution in [0, 0.1) is 0 Å². The number of methoxy groups -OCH3 is 1. The summed E-state index contributed by atoms with van der Waals surface area (Å²) in [4.78, 5) is 9.13. The van der Waals surface area contributed by atoms with Gasteiger partial charge in [0.2, 0.25) is 0 Å². The smallest absolute Gasteiger partial charge is 0.149 e. The first-order valence-electron chi connectivity index (χ1n) is 8.48. The van der Waals surface area contributed by atoms with Crippen LogP contribution in [0.25, 0.3) is 16.8 Å². The Balaban J connectivity index is 1.74. The minimum atomic E-state index is 0.674. The maximum Gasteiger partial charge on any atom is 0.149 e. The van der Waals surface area contributed by atoms with E-state index in [0.29, 0.717) is 5.82 Å². The molecule has 3 heterocycles. The molecule has 0 radical (unpaired) electrons. The molecule has 26 heavy (non-hydrogen) atoms. The molecule has 4 rings (SSSR count). The topological polar surface area (TPSA) is 64.3 Å². The number of pyridine rings is 1. The van der Waals surface area contributed by atoms with Crippen LogP contribution in [0.3, 0.4) is 0 Å². The number of aryl methyl sites for hydroxylation is 1. The van der Waals surface area contributed by atoms with E-state index in [-0.39, 0.29) is 0 Å². The number of hydrogen-bond acceptors (Lipinski definition) is 5. The van der Waals surface area contributed by atoms with Gasteiger partial charge in [-0.2, -0.15) is 5.10 Å². The Morgan fingerprint density at radius 3 is 2.88 bits per heavy atom. The molecule has 0 aliphatic heterocycles. The average molecular weight is 345 g/mol. The van der Waals surface area contributed by atoms with E-state index in [1.54, 1.807) is 19.5 Å². The standard InChI is InChI=1S/C20H19N5O/c1-3-16-20(18-9-4-5-10-25(18)24-16)17-12-21-13-19(23-17)22-14-7-6-8-15(11-14)26-2/h4-13H,3H2,1-2H3,(H,22,23). The fraction of sp³-hybridized carbons (Fsp3) is 0.150. The lowest BCUT2D eigenvalue weighted by Gasteiger charge is -2.08. The lowest BCUT2D eigenvalue weighted by atomic mass is 10.1. The number of hydrogen-bond donors (Lipinski definition) is 1. The Kier molecular flexibility index (Phi) is 4.23. The Morgan fingerprint density at radius 1 is 1.12 bits per heavy atom. The highest BCUT2D eigenvalue weighted by Crippen LogP contribution is 2.28. The molecule has 0 aliphatic rings. The molecule has 0 atom stereocenters. The van der Waals surface area contributed by atoms with E-state index in [9.17, 15) is 0 Å². The van der Waals surface area contributed by atoms with Crippen LogP contribution in [0.15, 0.2) is 61.1 Å². The van der Waals surface area contributed by atoms with E-state index in [4.69, 9.17) is 9.72 Å². The third-order valence-electron chi connectivity index (χ3n) is 4.18. The highest BCUT2D eigenvalue weighted by molar-refractivity contribution is 5.80. The summed E-state index contributed by atoms with van der Waals surface area (Å²) >= 11 is 0. The van der Waals surface area contributed by atoms with Crippen molar-refractivity contribution >= 4 is 17.0 Å². The number of benzene rings is 1. The van der Waals surface area contributed by atoms with Crippen molar-refractivity contribution in [2.75, 3.05) is 12.4 Å². The summed E-state index contributed by atoms with van der Waals surface area (Å²) in [6.45, 7) is 2.09. The number of nitrogens with one attached hydrogen (secondary N) is 1. The van der Waals surface area contributed by atoms with Crippen LogP contribution < -0.4 is 10.1 Å². The van der Waals surface area contributed by atoms with E-state index in [0.717, 1.165) is 40.3 Å². The fourth-order valence-electron chi connectivity index (χ4n) is 2.97. The van der Waals surface area contributed by atoms with Gasteiger partial charge in [-0.25, -0.2) is 9.50 Å². The first-order chi connectivity index (χ1) is 12.8. The molecule has 4 aromatic rings. The van der Waals surface area contributed by atoms with Crippen molar-refractivity contribution in [2.45, 2.75) is 13.3 Å². The molecule has 1 N–H and O–H groups in total. The normalized spacial score (nSPS) is 10.8. The first kappa shape index (κ1) is 16.1. The summed E-state index contributed by atoms with van der Waals surface area (Å²) in [5, 5.41) is 7.94. The molecule has 0 spiro atoms. The molecule has 130 valence electrons. The number of anilines is 2. The molecule has 0 amide bonds. The zero-order valence-electron chi connectivity index (χ0n) is 14.7. The van der Waals surface area contributed by atoms with Gasteiger partial charge in [0, 0.05) is 18.0 Å². The van der Waals surface area contributed by atoms with Crippen LogP contribution in [0.5, 0.6) is 5.75 Å². The Labute approximate surface area is 151 Å². The average Bonchev–Trinajstić information content (AvgIpc) is 3.07. The van der Waals surface area contributed by atoms with Crippen molar-refractivity contribution in [3.8, 4) is 17.0 Å². The highest BCUT2D eigenvalue weighted by atomic mass is 16.5. The highest BCUT2D eigenvalue weighted by Gasteiger charge is 2.15. The number of ether oxygens (including phenoxy) is 1. The summed E-state index contributed by atoms with van der Waals surface area (Å²) in [7, 11) is 1.65. The summed E-state index contributed by atoms with van der Waals surface area (Å²) in [5.41, 5.74) is 4.75. The molecule has 3 aromatic heterocycles. The van der Waals surface area contributed by atoms with Gasteiger partial charge in [-0.1, -0.05) is 19.1 Å². The maximum absolute atomic E-state index is 5.27. The molecule has 0 aliphatic carbocycles. The molecule has 0 unspecified atom stereocenters. The Bertz CT molecular complexity index is 1060. The third kappa shape index (κ3) is 2.97. The summed E-state index contributed by atoms with van der Waals surface area (Å²) < 4.78 is 7.15. The van der Waals surface area contributed by atoms with Crippen molar-refractivity contribution in [1.82, 2.24) is 19.6 Å². The van der Waals surface area contributed by atoms with E-state index in [1.165, 1.54) is 0 Å². The predicted octanol–water partition coefficient (Wildman–Crippen LogP) is 4.11. The van der Waals surface area contributed by atoms with Crippen LogP contribution in [0.1, 0.15) is 12.6 Å². The fourth-order valence-corrected chi connectivity index (χ4v) is 2.97. The molecule has 0 saturated carbocycles. The molecule has 0 bridgehead atoms. The molecular weight excluding hydrogens is 326 g/mol. The maximum atomic E-state index is 5.27. The van der Waals surface area contributed by atoms with E-state index in [1.807, 2.05) is 53.2 Å². The zero-order chi connectivity index (χ0) is 17.9. The summed E-state index contributed by atoms with van der Waals surface area (Å²) in [6, 6.07) is 13.7. The van der Waals surface area contributed by atoms with Crippen LogP contribution in [-0.2, 0) is 6.42 Å². The molecule has 0 fully saturated rings. The summed E-state index contributed by atoms with van der Waals surface area (Å²) in [5.74, 6) is 1.46. The van der Waals surface area contributed by atoms with Crippen molar-refractivity contribution in [1.29, 1.82) is 0 Å². The lowest BCUT2D eigenvalue weighted by molar-refractivity contribution is 0.415. The van der Waals surface area contributed by atoms with Gasteiger partial charge in [0.05, 0.1) is 42.0 Å². The molecule has 6 nitrogen and oxygen atoms in total. The van der Waals surface area contributed by atoms with Gasteiger partial charge < -0.3 is 10.1 Å². The largest absolute Gasteiger partial charge is 0.497 e. The van der Waals surface area contributed by atoms with E-state index in [2.05, 4.69) is 22.3 Å². The summed E-state index contributed by atoms with van der Waals surface area (Å²) in [6.07, 6.45) is 6.26. The van der Waals surface area contributed by atoms with E-state index < -0.39 is 0 Å². The SMILES string of the molecule is CCc1nn2ccccc2c1-c1cncc(Nc2cccc(OC)c2)n1. The van der Waals surface area contributed by atoms with Crippen LogP contribution in [0.2, 0.25) is 0 Å². The number of nitrogens with zero attached hydrogens (tertiary/aromatic N) is 4. The monoisotopic (exact) mass is 345 g/mol. The number of aromatic nitrogens is 4. The molecule has 1 aromatic carbocycles. The van der Waals surface area contributed by atoms with Gasteiger partial charge in [-0.3, -0.25) is 4.98 Å². The minimum absolute atomic E-state index is 0.674. The second-order valence-corrected chi connectivity index (χ2v) is 5.85. The van der Waals surface area contributed by atoms with Gasteiger partial charge in [0.1, 0.15) is 11.6 Å². The van der Waals surface area contributed by atoms with Crippen molar-refractivity contribution in [2.24, 2.45) is 0 Å². The second kappa shape index (κ2) is 6.84. The Morgan fingerprint density at radius 2 is 2.04 bits per heavy atom. The lowest BCUT2D eigenvalue weighted by Crippen LogP contribution is -1.97. The van der Waals surface area contributed by atoms with Gasteiger partial charge in [0.15, 0.2) is 0 Å². The van der Waals surface area contributed by atoms with E-state index >= 15 is 0 Å². The van der Waals surface area contributed by atoms with Gasteiger partial charge in [-0.05, 0) is 30.7 Å². The van der Waals surface area contributed by atoms with Crippen molar-refractivity contribution < 1.29 is 4.74 Å². The van der Waals surface area contributed by atoms with Gasteiger partial charge >= 0.3 is 0 Å². The van der Waals surface area contributed by atoms with Gasteiger partial charge in [-0.15, -0.1) is 0 Å². The molecular formula is C20H19N5O. The van der Waals surface area contributed by atoms with Crippen molar-refractivity contribution in [3.05, 3.63) is 66.7 Å².